The molecule has 0 saturated carbocycles. The van der Waals surface area contributed by atoms with Crippen molar-refractivity contribution in [2.45, 2.75) is 0 Å². The van der Waals surface area contributed by atoms with Gasteiger partial charge in [0.15, 0.2) is 5.82 Å². The number of aromatic nitrogens is 4. The third kappa shape index (κ3) is 2.55. The van der Waals surface area contributed by atoms with Crippen molar-refractivity contribution in [2.75, 3.05) is 0 Å². The molecule has 5 rings (SSSR count). The Morgan fingerprint density at radius 1 is 0.600 bits per heavy atom. The topological polar surface area (TPSA) is 57.4 Å². The fourth-order valence-corrected chi connectivity index (χ4v) is 2.97. The van der Waals surface area contributed by atoms with Crippen molar-refractivity contribution in [3.05, 3.63) is 71.1 Å². The minimum atomic E-state index is -0.418. The van der Waals surface area contributed by atoms with Crippen LogP contribution in [0.2, 0.25) is 0 Å². The molecule has 2 aliphatic heterocycles. The minimum absolute atomic E-state index is 0.295. The van der Waals surface area contributed by atoms with Gasteiger partial charge in [0.1, 0.15) is 11.4 Å². The van der Waals surface area contributed by atoms with E-state index < -0.39 is 5.82 Å². The van der Waals surface area contributed by atoms with Crippen molar-refractivity contribution in [3.63, 3.8) is 0 Å². The summed E-state index contributed by atoms with van der Waals surface area (Å²) < 4.78 is 14.7. The van der Waals surface area contributed by atoms with E-state index in [2.05, 4.69) is 19.9 Å². The van der Waals surface area contributed by atoms with Crippen molar-refractivity contribution >= 4 is 46.4 Å². The van der Waals surface area contributed by atoms with Crippen LogP contribution in [0.3, 0.4) is 0 Å². The molecule has 5 heterocycles. The van der Waals surface area contributed by atoms with Crippen LogP contribution in [0.1, 0.15) is 22.8 Å². The summed E-state index contributed by atoms with van der Waals surface area (Å²) in [7, 11) is 0. The van der Waals surface area contributed by atoms with Gasteiger partial charge in [-0.15, -0.1) is 0 Å². The second kappa shape index (κ2) is 5.27. The molecule has 0 aromatic carbocycles. The van der Waals surface area contributed by atoms with Gasteiger partial charge in [-0.1, -0.05) is 0 Å². The predicted molar refractivity (Wildman–Crippen MR) is 98.8 cm³/mol. The monoisotopic (exact) mass is 328 g/mol. The van der Waals surface area contributed by atoms with Crippen molar-refractivity contribution in [1.29, 1.82) is 0 Å². The van der Waals surface area contributed by atoms with Crippen LogP contribution in [-0.2, 0) is 0 Å². The van der Waals surface area contributed by atoms with E-state index in [1.807, 2.05) is 42.5 Å². The Hall–Kier alpha value is -3.47. The number of nitrogens with zero attached hydrogens (tertiary/aromatic N) is 2. The molecule has 2 N–H and O–H groups in total. The van der Waals surface area contributed by atoms with Crippen LogP contribution < -0.4 is 0 Å². The first-order valence-corrected chi connectivity index (χ1v) is 7.96. The molecule has 0 spiro atoms. The zero-order valence-corrected chi connectivity index (χ0v) is 13.1. The summed E-state index contributed by atoms with van der Waals surface area (Å²) in [5.74, 6) is -0.418. The molecule has 5 heteroatoms. The molecule has 0 unspecified atom stereocenters. The average Bonchev–Trinajstić information content (AvgIpc) is 3.36. The Balaban J connectivity index is 1.88. The van der Waals surface area contributed by atoms with Gasteiger partial charge < -0.3 is 9.97 Å². The Morgan fingerprint density at radius 3 is 1.52 bits per heavy atom. The number of hydrogen-bond donors (Lipinski definition) is 2. The molecule has 0 radical (unpaired) electrons. The third-order valence-corrected chi connectivity index (χ3v) is 4.15. The molecule has 0 amide bonds. The van der Waals surface area contributed by atoms with Crippen molar-refractivity contribution in [3.8, 4) is 0 Å². The van der Waals surface area contributed by atoms with Crippen molar-refractivity contribution in [2.24, 2.45) is 0 Å². The number of rotatable bonds is 0. The number of H-pyrrole nitrogens is 2. The lowest BCUT2D eigenvalue weighted by atomic mass is 10.3. The van der Waals surface area contributed by atoms with Crippen LogP contribution in [0.15, 0.2) is 42.5 Å². The fourth-order valence-electron chi connectivity index (χ4n) is 2.97. The number of aromatic amines is 2. The lowest BCUT2D eigenvalue weighted by molar-refractivity contribution is 0.613. The zero-order chi connectivity index (χ0) is 16.8. The highest BCUT2D eigenvalue weighted by Gasteiger charge is 2.10. The van der Waals surface area contributed by atoms with E-state index in [1.54, 1.807) is 24.3 Å². The van der Waals surface area contributed by atoms with Gasteiger partial charge in [-0.05, 0) is 66.8 Å². The fraction of sp³-hybridized carbons (Fsp3) is 0. The number of hydrogen-bond acceptors (Lipinski definition) is 2. The Kier molecular flexibility index (Phi) is 2.94. The summed E-state index contributed by atoms with van der Waals surface area (Å²) in [5.41, 5.74) is 5.77. The summed E-state index contributed by atoms with van der Waals surface area (Å²) in [6.07, 6.45) is 6.93. The van der Waals surface area contributed by atoms with Gasteiger partial charge in [0.2, 0.25) is 0 Å². The minimum Gasteiger partial charge on any atom is -0.355 e. The van der Waals surface area contributed by atoms with Crippen molar-refractivity contribution < 1.29 is 4.39 Å². The van der Waals surface area contributed by atoms with Gasteiger partial charge in [-0.2, -0.15) is 0 Å². The van der Waals surface area contributed by atoms with Crippen LogP contribution >= 0.6 is 0 Å². The standard InChI is InChI=1S/C20H13FN4/c21-20-18-7-5-16(24-18)10-14-3-1-12(22-14)9-13-2-4-15(23-13)11-17-6-8-19(20)25-17/h1-11,22-23H. The second-order valence-electron chi connectivity index (χ2n) is 6.00. The maximum absolute atomic E-state index is 14.7. The molecule has 120 valence electrons. The van der Waals surface area contributed by atoms with Gasteiger partial charge in [0.25, 0.3) is 0 Å². The summed E-state index contributed by atoms with van der Waals surface area (Å²) in [4.78, 5) is 15.3. The predicted octanol–water partition coefficient (Wildman–Crippen LogP) is 4.79. The molecule has 0 fully saturated rings. The highest BCUT2D eigenvalue weighted by molar-refractivity contribution is 5.77. The molecule has 8 bridgehead atoms. The smallest absolute Gasteiger partial charge is 0.174 e. The van der Waals surface area contributed by atoms with E-state index in [0.717, 1.165) is 22.1 Å². The highest BCUT2D eigenvalue weighted by Crippen LogP contribution is 2.20. The molecule has 25 heavy (non-hydrogen) atoms. The molecular formula is C20H13FN4. The summed E-state index contributed by atoms with van der Waals surface area (Å²) in [6, 6.07) is 13.7. The second-order valence-corrected chi connectivity index (χ2v) is 6.00. The first-order valence-electron chi connectivity index (χ1n) is 7.96. The Morgan fingerprint density at radius 2 is 1.04 bits per heavy atom. The van der Waals surface area contributed by atoms with E-state index in [4.69, 9.17) is 0 Å². The van der Waals surface area contributed by atoms with E-state index in [9.17, 15) is 4.39 Å². The first-order chi connectivity index (χ1) is 12.2. The number of halogens is 1. The molecule has 2 aliphatic rings. The van der Waals surface area contributed by atoms with Crippen LogP contribution in [-0.4, -0.2) is 19.9 Å². The van der Waals surface area contributed by atoms with Crippen molar-refractivity contribution in [1.82, 2.24) is 19.9 Å². The first kappa shape index (κ1) is 13.9. The maximum atomic E-state index is 14.7. The molecular weight excluding hydrogens is 315 g/mol. The van der Waals surface area contributed by atoms with E-state index in [1.165, 1.54) is 0 Å². The molecule has 4 nitrogen and oxygen atoms in total. The SMILES string of the molecule is Fc1c2nc(cc3ccc(cc4ccc(cc5nc1C=C5)[nH]4)[nH]3)C=C2. The van der Waals surface area contributed by atoms with Crippen LogP contribution in [0.4, 0.5) is 4.39 Å². The Bertz CT molecular complexity index is 1120. The van der Waals surface area contributed by atoms with Gasteiger partial charge in [-0.3, -0.25) is 0 Å². The summed E-state index contributed by atoms with van der Waals surface area (Å²) in [5, 5.41) is 0. The Labute approximate surface area is 142 Å². The lowest BCUT2D eigenvalue weighted by Crippen LogP contribution is -1.87. The van der Waals surface area contributed by atoms with Gasteiger partial charge >= 0.3 is 0 Å². The normalized spacial score (nSPS) is 12.7. The molecule has 0 atom stereocenters. The summed E-state index contributed by atoms with van der Waals surface area (Å²) >= 11 is 0. The third-order valence-electron chi connectivity index (χ3n) is 4.15. The lowest BCUT2D eigenvalue weighted by Gasteiger charge is -1.90. The number of nitrogens with one attached hydrogen (secondary N) is 2. The van der Waals surface area contributed by atoms with Crippen LogP contribution in [0.25, 0.3) is 46.4 Å². The average molecular weight is 328 g/mol. The molecule has 0 saturated heterocycles. The van der Waals surface area contributed by atoms with E-state index in [-0.39, 0.29) is 0 Å². The number of fused-ring (bicyclic) bond motifs is 8. The van der Waals surface area contributed by atoms with Gasteiger partial charge in [-0.25, -0.2) is 14.4 Å². The molecule has 0 aliphatic carbocycles. The van der Waals surface area contributed by atoms with Gasteiger partial charge in [0, 0.05) is 22.1 Å². The van der Waals surface area contributed by atoms with E-state index in [0.29, 0.717) is 22.8 Å². The largest absolute Gasteiger partial charge is 0.355 e. The summed E-state index contributed by atoms with van der Waals surface area (Å²) in [6.45, 7) is 0. The van der Waals surface area contributed by atoms with E-state index >= 15 is 0 Å². The highest BCUT2D eigenvalue weighted by atomic mass is 19.1. The molecule has 3 aromatic rings. The molecule has 3 aromatic heterocycles. The van der Waals surface area contributed by atoms with Crippen LogP contribution in [0, 0.1) is 5.82 Å². The quantitative estimate of drug-likeness (QED) is 0.429. The maximum Gasteiger partial charge on any atom is 0.174 e. The zero-order valence-electron chi connectivity index (χ0n) is 13.1. The van der Waals surface area contributed by atoms with Crippen LogP contribution in [0.5, 0.6) is 0 Å². The van der Waals surface area contributed by atoms with Gasteiger partial charge in [0.05, 0.1) is 11.4 Å².